The molecule has 0 saturated carbocycles. The topological polar surface area (TPSA) is 67.9 Å². The highest BCUT2D eigenvalue weighted by Gasteiger charge is 2.26. The van der Waals surface area contributed by atoms with Crippen LogP contribution in [-0.4, -0.2) is 43.5 Å². The van der Waals surface area contributed by atoms with E-state index in [9.17, 15) is 9.59 Å². The Balaban J connectivity index is 2.18. The number of hydrogen-bond donors (Lipinski definition) is 1. The normalized spacial score (nSPS) is 11.7. The number of amides is 2. The molecule has 0 aliphatic heterocycles. The van der Waals surface area contributed by atoms with E-state index < -0.39 is 6.04 Å². The van der Waals surface area contributed by atoms with Gasteiger partial charge in [0.15, 0.2) is 0 Å². The molecule has 0 aromatic heterocycles. The molecule has 162 valence electrons. The van der Waals surface area contributed by atoms with E-state index >= 15 is 0 Å². The van der Waals surface area contributed by atoms with Crippen molar-refractivity contribution in [1.82, 2.24) is 10.2 Å². The van der Waals surface area contributed by atoms with Crippen LogP contribution in [0.3, 0.4) is 0 Å². The van der Waals surface area contributed by atoms with Crippen LogP contribution in [0.15, 0.2) is 48.5 Å². The summed E-state index contributed by atoms with van der Waals surface area (Å²) in [5.74, 6) is 1.56. The lowest BCUT2D eigenvalue weighted by atomic mass is 10.1. The predicted octanol–water partition coefficient (Wildman–Crippen LogP) is 3.44. The third-order valence-corrected chi connectivity index (χ3v) is 4.88. The number of carbonyl (C=O) groups is 2. The molecule has 2 aromatic rings. The monoisotopic (exact) mass is 412 g/mol. The van der Waals surface area contributed by atoms with Crippen LogP contribution in [-0.2, 0) is 22.6 Å². The van der Waals surface area contributed by atoms with Crippen molar-refractivity contribution in [2.45, 2.75) is 39.8 Å². The minimum absolute atomic E-state index is 0.108. The molecule has 1 N–H and O–H groups in total. The van der Waals surface area contributed by atoms with Crippen molar-refractivity contribution in [3.05, 3.63) is 59.7 Å². The van der Waals surface area contributed by atoms with Crippen molar-refractivity contribution in [1.29, 1.82) is 0 Å². The zero-order valence-corrected chi connectivity index (χ0v) is 18.5. The zero-order valence-electron chi connectivity index (χ0n) is 18.5. The van der Waals surface area contributed by atoms with Crippen molar-refractivity contribution >= 4 is 11.8 Å². The molecular formula is C24H32N2O4. The molecule has 0 aliphatic rings. The fourth-order valence-electron chi connectivity index (χ4n) is 2.98. The smallest absolute Gasteiger partial charge is 0.242 e. The van der Waals surface area contributed by atoms with Gasteiger partial charge in [-0.1, -0.05) is 38.1 Å². The maximum atomic E-state index is 13.2. The first-order chi connectivity index (χ1) is 14.3. The number of ether oxygens (including phenoxy) is 2. The van der Waals surface area contributed by atoms with E-state index in [-0.39, 0.29) is 18.2 Å². The Labute approximate surface area is 179 Å². The summed E-state index contributed by atoms with van der Waals surface area (Å²) in [6.07, 6.45) is 0.210. The lowest BCUT2D eigenvalue weighted by molar-refractivity contribution is -0.140. The first-order valence-corrected chi connectivity index (χ1v) is 10.2. The van der Waals surface area contributed by atoms with Crippen LogP contribution in [0, 0.1) is 5.92 Å². The Bertz CT molecular complexity index is 816. The number of hydrogen-bond acceptors (Lipinski definition) is 4. The van der Waals surface area contributed by atoms with Crippen molar-refractivity contribution in [2.75, 3.05) is 20.8 Å². The van der Waals surface area contributed by atoms with Crippen LogP contribution in [0.2, 0.25) is 0 Å². The van der Waals surface area contributed by atoms with E-state index in [1.165, 1.54) is 0 Å². The lowest BCUT2D eigenvalue weighted by Gasteiger charge is -2.29. The molecule has 2 rings (SSSR count). The number of rotatable bonds is 10. The van der Waals surface area contributed by atoms with E-state index in [0.29, 0.717) is 19.0 Å². The Morgan fingerprint density at radius 1 is 0.867 bits per heavy atom. The summed E-state index contributed by atoms with van der Waals surface area (Å²) >= 11 is 0. The van der Waals surface area contributed by atoms with Gasteiger partial charge in [0.05, 0.1) is 20.6 Å². The average molecular weight is 413 g/mol. The predicted molar refractivity (Wildman–Crippen MR) is 118 cm³/mol. The van der Waals surface area contributed by atoms with E-state index in [4.69, 9.17) is 9.47 Å². The van der Waals surface area contributed by atoms with Gasteiger partial charge in [-0.05, 0) is 48.2 Å². The summed E-state index contributed by atoms with van der Waals surface area (Å²) in [5, 5.41) is 2.93. The number of methoxy groups -OCH3 is 2. The van der Waals surface area contributed by atoms with Crippen molar-refractivity contribution < 1.29 is 19.1 Å². The molecular weight excluding hydrogens is 380 g/mol. The van der Waals surface area contributed by atoms with Crippen LogP contribution in [0.25, 0.3) is 0 Å². The molecule has 6 nitrogen and oxygen atoms in total. The molecule has 0 heterocycles. The molecule has 2 amide bonds. The molecule has 30 heavy (non-hydrogen) atoms. The summed E-state index contributed by atoms with van der Waals surface area (Å²) in [5.41, 5.74) is 1.80. The third kappa shape index (κ3) is 6.79. The number of carbonyl (C=O) groups excluding carboxylic acids is 2. The molecule has 1 atom stereocenters. The van der Waals surface area contributed by atoms with Gasteiger partial charge in [0.1, 0.15) is 17.5 Å². The van der Waals surface area contributed by atoms with E-state index in [1.54, 1.807) is 26.0 Å². The minimum atomic E-state index is -0.586. The Morgan fingerprint density at radius 2 is 1.37 bits per heavy atom. The van der Waals surface area contributed by atoms with Crippen molar-refractivity contribution in [2.24, 2.45) is 5.92 Å². The summed E-state index contributed by atoms with van der Waals surface area (Å²) < 4.78 is 10.4. The molecule has 0 saturated heterocycles. The quantitative estimate of drug-likeness (QED) is 0.649. The number of nitrogens with one attached hydrogen (secondary N) is 1. The fraction of sp³-hybridized carbons (Fsp3) is 0.417. The molecule has 2 aromatic carbocycles. The van der Waals surface area contributed by atoms with E-state index in [1.807, 2.05) is 62.4 Å². The van der Waals surface area contributed by atoms with Crippen LogP contribution in [0.5, 0.6) is 11.5 Å². The Morgan fingerprint density at radius 3 is 1.83 bits per heavy atom. The van der Waals surface area contributed by atoms with E-state index in [2.05, 4.69) is 5.32 Å². The van der Waals surface area contributed by atoms with Gasteiger partial charge in [-0.2, -0.15) is 0 Å². The van der Waals surface area contributed by atoms with Crippen molar-refractivity contribution in [3.8, 4) is 11.5 Å². The lowest BCUT2D eigenvalue weighted by Crippen LogP contribution is -2.48. The second kappa shape index (κ2) is 11.2. The van der Waals surface area contributed by atoms with Gasteiger partial charge in [-0.3, -0.25) is 9.59 Å². The van der Waals surface area contributed by atoms with Crippen LogP contribution >= 0.6 is 0 Å². The van der Waals surface area contributed by atoms with Gasteiger partial charge in [0.2, 0.25) is 11.8 Å². The Kier molecular flexibility index (Phi) is 8.71. The molecule has 6 heteroatoms. The second-order valence-corrected chi connectivity index (χ2v) is 7.71. The maximum absolute atomic E-state index is 13.2. The van der Waals surface area contributed by atoms with Gasteiger partial charge in [-0.25, -0.2) is 0 Å². The molecule has 0 radical (unpaired) electrons. The van der Waals surface area contributed by atoms with Gasteiger partial charge in [0.25, 0.3) is 0 Å². The molecule has 0 spiro atoms. The van der Waals surface area contributed by atoms with E-state index in [0.717, 1.165) is 22.6 Å². The van der Waals surface area contributed by atoms with Crippen LogP contribution in [0.4, 0.5) is 0 Å². The summed E-state index contributed by atoms with van der Waals surface area (Å²) in [6, 6.07) is 14.3. The van der Waals surface area contributed by atoms with Gasteiger partial charge in [0, 0.05) is 13.1 Å². The van der Waals surface area contributed by atoms with Crippen LogP contribution < -0.4 is 14.8 Å². The molecule has 1 unspecified atom stereocenters. The number of nitrogens with zero attached hydrogens (tertiary/aromatic N) is 1. The van der Waals surface area contributed by atoms with Crippen LogP contribution in [0.1, 0.15) is 31.9 Å². The molecule has 0 fully saturated rings. The van der Waals surface area contributed by atoms with Gasteiger partial charge >= 0.3 is 0 Å². The van der Waals surface area contributed by atoms with Crippen molar-refractivity contribution in [3.63, 3.8) is 0 Å². The highest BCUT2D eigenvalue weighted by Crippen LogP contribution is 2.17. The summed E-state index contributed by atoms with van der Waals surface area (Å²) in [6.45, 7) is 6.76. The molecule has 0 bridgehead atoms. The summed E-state index contributed by atoms with van der Waals surface area (Å²) in [4.78, 5) is 27.5. The average Bonchev–Trinajstić information content (AvgIpc) is 2.76. The largest absolute Gasteiger partial charge is 0.497 e. The zero-order chi connectivity index (χ0) is 22.1. The first kappa shape index (κ1) is 23.3. The standard InChI is InChI=1S/C24H32N2O4/c1-17(2)15-25-24(28)18(3)26(16-20-8-12-22(30-5)13-9-20)23(27)14-19-6-10-21(29-4)11-7-19/h6-13,17-18H,14-16H2,1-5H3,(H,25,28). The second-order valence-electron chi connectivity index (χ2n) is 7.71. The number of benzene rings is 2. The Hall–Kier alpha value is -3.02. The SMILES string of the molecule is COc1ccc(CC(=O)N(Cc2ccc(OC)cc2)C(C)C(=O)NCC(C)C)cc1. The minimum Gasteiger partial charge on any atom is -0.497 e. The van der Waals surface area contributed by atoms with Gasteiger partial charge in [-0.15, -0.1) is 0 Å². The highest BCUT2D eigenvalue weighted by atomic mass is 16.5. The first-order valence-electron chi connectivity index (χ1n) is 10.2. The van der Waals surface area contributed by atoms with Gasteiger partial charge < -0.3 is 19.7 Å². The molecule has 0 aliphatic carbocycles. The fourth-order valence-corrected chi connectivity index (χ4v) is 2.98. The maximum Gasteiger partial charge on any atom is 0.242 e. The third-order valence-electron chi connectivity index (χ3n) is 4.88. The highest BCUT2D eigenvalue weighted by molar-refractivity contribution is 5.88. The summed E-state index contributed by atoms with van der Waals surface area (Å²) in [7, 11) is 3.22.